The molecule has 8 heteroatoms. The third-order valence-electron chi connectivity index (χ3n) is 4.08. The van der Waals surface area contributed by atoms with Crippen LogP contribution in [-0.2, 0) is 0 Å². The van der Waals surface area contributed by atoms with Crippen molar-refractivity contribution in [2.75, 3.05) is 5.32 Å². The summed E-state index contributed by atoms with van der Waals surface area (Å²) >= 11 is 3.07. The molecule has 4 aromatic heterocycles. The minimum Gasteiger partial charge on any atom is -0.453 e. The zero-order chi connectivity index (χ0) is 20.2. The average molecular weight is 430 g/mol. The van der Waals surface area contributed by atoms with E-state index in [0.29, 0.717) is 16.7 Å². The second-order valence-electron chi connectivity index (χ2n) is 6.19. The maximum atomic E-state index is 6.14. The van der Waals surface area contributed by atoms with Crippen molar-refractivity contribution >= 4 is 44.4 Å². The highest BCUT2D eigenvalue weighted by molar-refractivity contribution is 7.99. The van der Waals surface area contributed by atoms with Gasteiger partial charge in [0.15, 0.2) is 16.7 Å². The molecule has 4 heterocycles. The molecule has 0 saturated heterocycles. The van der Waals surface area contributed by atoms with E-state index in [0.717, 1.165) is 25.9 Å². The molecule has 1 aromatic carbocycles. The zero-order valence-electron chi connectivity index (χ0n) is 15.6. The number of pyridine rings is 3. The number of ether oxygens (including phenoxy) is 1. The van der Waals surface area contributed by atoms with Crippen molar-refractivity contribution in [3.8, 4) is 11.5 Å². The van der Waals surface area contributed by atoms with Crippen molar-refractivity contribution in [2.24, 2.45) is 0 Å². The van der Waals surface area contributed by atoms with Gasteiger partial charge in [0.25, 0.3) is 0 Å². The molecule has 0 aliphatic heterocycles. The van der Waals surface area contributed by atoms with Gasteiger partial charge in [-0.15, -0.1) is 0 Å². The van der Waals surface area contributed by atoms with Crippen molar-refractivity contribution in [3.63, 3.8) is 0 Å². The van der Waals surface area contributed by atoms with E-state index in [4.69, 9.17) is 4.74 Å². The molecule has 6 nitrogen and oxygen atoms in total. The minimum absolute atomic E-state index is 0.594. The lowest BCUT2D eigenvalue weighted by molar-refractivity contribution is 0.481. The summed E-state index contributed by atoms with van der Waals surface area (Å²) in [5.74, 6) is 1.95. The Labute approximate surface area is 181 Å². The summed E-state index contributed by atoms with van der Waals surface area (Å²) < 4.78 is 6.14. The van der Waals surface area contributed by atoms with Crippen LogP contribution in [0.25, 0.3) is 10.3 Å². The summed E-state index contributed by atoms with van der Waals surface area (Å²) in [5, 5.41) is 4.00. The van der Waals surface area contributed by atoms with Crippen LogP contribution in [0.2, 0.25) is 0 Å². The Bertz CT molecular complexity index is 1250. The smallest absolute Gasteiger partial charge is 0.191 e. The highest BCUT2D eigenvalue weighted by Gasteiger charge is 2.13. The van der Waals surface area contributed by atoms with E-state index in [1.807, 2.05) is 66.9 Å². The second kappa shape index (κ2) is 8.48. The first-order valence-electron chi connectivity index (χ1n) is 9.13. The van der Waals surface area contributed by atoms with Gasteiger partial charge in [0.2, 0.25) is 0 Å². The van der Waals surface area contributed by atoms with E-state index in [1.54, 1.807) is 30.4 Å². The SMILES string of the molecule is c1ccc(Oc2cc(Sc3ccncc3)cnc2Nc2nc3cccnc3s2)cc1. The molecule has 0 bridgehead atoms. The van der Waals surface area contributed by atoms with Gasteiger partial charge in [0, 0.05) is 40.6 Å². The molecule has 0 saturated carbocycles. The summed E-state index contributed by atoms with van der Waals surface area (Å²) in [7, 11) is 0. The fourth-order valence-electron chi connectivity index (χ4n) is 2.74. The number of nitrogens with one attached hydrogen (secondary N) is 1. The molecule has 0 fully saturated rings. The maximum Gasteiger partial charge on any atom is 0.191 e. The lowest BCUT2D eigenvalue weighted by atomic mass is 10.3. The van der Waals surface area contributed by atoms with Crippen LogP contribution in [0.1, 0.15) is 0 Å². The average Bonchev–Trinajstić information content (AvgIpc) is 3.19. The fourth-order valence-corrected chi connectivity index (χ4v) is 4.34. The van der Waals surface area contributed by atoms with Crippen LogP contribution in [0.15, 0.2) is 95.2 Å². The lowest BCUT2D eigenvalue weighted by Crippen LogP contribution is -1.97. The number of thiazole rings is 1. The molecule has 5 aromatic rings. The van der Waals surface area contributed by atoms with Crippen LogP contribution in [0, 0.1) is 0 Å². The van der Waals surface area contributed by atoms with Crippen molar-refractivity contribution in [1.29, 1.82) is 0 Å². The maximum absolute atomic E-state index is 6.14. The molecule has 30 heavy (non-hydrogen) atoms. The van der Waals surface area contributed by atoms with Crippen molar-refractivity contribution in [2.45, 2.75) is 9.79 Å². The predicted molar refractivity (Wildman–Crippen MR) is 120 cm³/mol. The van der Waals surface area contributed by atoms with Gasteiger partial charge < -0.3 is 10.1 Å². The summed E-state index contributed by atoms with van der Waals surface area (Å²) in [5.41, 5.74) is 0.848. The van der Waals surface area contributed by atoms with E-state index in [1.165, 1.54) is 11.3 Å². The van der Waals surface area contributed by atoms with Gasteiger partial charge in [-0.25, -0.2) is 15.0 Å². The summed E-state index contributed by atoms with van der Waals surface area (Å²) in [6.45, 7) is 0. The number of para-hydroxylation sites is 1. The monoisotopic (exact) mass is 429 g/mol. The standard InChI is InChI=1S/C22H15N5OS2/c1-2-5-15(6-3-1)28-19-13-17(29-16-8-11-23-12-9-16)14-25-20(19)27-22-26-18-7-4-10-24-21(18)30-22/h1-14H,(H,25,26,27). The van der Waals surface area contributed by atoms with Gasteiger partial charge in [0.05, 0.1) is 0 Å². The molecule has 146 valence electrons. The molecule has 0 aliphatic rings. The number of aromatic nitrogens is 4. The molecule has 0 atom stereocenters. The lowest BCUT2D eigenvalue weighted by Gasteiger charge is -2.12. The zero-order valence-corrected chi connectivity index (χ0v) is 17.2. The topological polar surface area (TPSA) is 72.8 Å². The third kappa shape index (κ3) is 4.24. The predicted octanol–water partition coefficient (Wildman–Crippen LogP) is 6.17. The minimum atomic E-state index is 0.594. The molecule has 0 radical (unpaired) electrons. The molecule has 0 unspecified atom stereocenters. The quantitative estimate of drug-likeness (QED) is 0.346. The molecule has 0 amide bonds. The van der Waals surface area contributed by atoms with Crippen LogP contribution in [0.3, 0.4) is 0 Å². The van der Waals surface area contributed by atoms with Crippen LogP contribution in [0.5, 0.6) is 11.5 Å². The van der Waals surface area contributed by atoms with Gasteiger partial charge in [-0.05, 0) is 36.4 Å². The van der Waals surface area contributed by atoms with Crippen molar-refractivity contribution in [1.82, 2.24) is 19.9 Å². The van der Waals surface area contributed by atoms with Crippen molar-refractivity contribution in [3.05, 3.63) is 85.5 Å². The first-order chi connectivity index (χ1) is 14.8. The molecule has 5 rings (SSSR count). The number of hydrogen-bond donors (Lipinski definition) is 1. The largest absolute Gasteiger partial charge is 0.453 e. The number of anilines is 2. The Morgan fingerprint density at radius 1 is 0.867 bits per heavy atom. The van der Waals surface area contributed by atoms with Gasteiger partial charge >= 0.3 is 0 Å². The van der Waals surface area contributed by atoms with E-state index in [-0.39, 0.29) is 0 Å². The number of rotatable bonds is 6. The van der Waals surface area contributed by atoms with Gasteiger partial charge in [-0.1, -0.05) is 41.3 Å². The van der Waals surface area contributed by atoms with Gasteiger partial charge in [-0.3, -0.25) is 4.98 Å². The number of fused-ring (bicyclic) bond motifs is 1. The molecular formula is C22H15N5OS2. The van der Waals surface area contributed by atoms with Crippen molar-refractivity contribution < 1.29 is 4.74 Å². The highest BCUT2D eigenvalue weighted by Crippen LogP contribution is 2.37. The number of nitrogens with zero attached hydrogens (tertiary/aromatic N) is 4. The second-order valence-corrected chi connectivity index (χ2v) is 8.31. The fraction of sp³-hybridized carbons (Fsp3) is 0. The van der Waals surface area contributed by atoms with Crippen LogP contribution in [0.4, 0.5) is 10.9 Å². The Kier molecular flexibility index (Phi) is 5.24. The van der Waals surface area contributed by atoms with E-state index in [2.05, 4.69) is 25.3 Å². The summed E-state index contributed by atoms with van der Waals surface area (Å²) in [6.07, 6.45) is 7.12. The first kappa shape index (κ1) is 18.5. The summed E-state index contributed by atoms with van der Waals surface area (Å²) in [4.78, 5) is 20.5. The first-order valence-corrected chi connectivity index (χ1v) is 10.8. The van der Waals surface area contributed by atoms with Crippen LogP contribution in [-0.4, -0.2) is 19.9 Å². The van der Waals surface area contributed by atoms with E-state index < -0.39 is 0 Å². The van der Waals surface area contributed by atoms with E-state index >= 15 is 0 Å². The van der Waals surface area contributed by atoms with Crippen LogP contribution < -0.4 is 10.1 Å². The molecular weight excluding hydrogens is 414 g/mol. The third-order valence-corrected chi connectivity index (χ3v) is 5.94. The highest BCUT2D eigenvalue weighted by atomic mass is 32.2. The normalized spacial score (nSPS) is 10.8. The molecule has 1 N–H and O–H groups in total. The molecule has 0 aliphatic carbocycles. The Hall–Kier alpha value is -3.49. The van der Waals surface area contributed by atoms with Crippen LogP contribution >= 0.6 is 23.1 Å². The number of hydrogen-bond acceptors (Lipinski definition) is 8. The Balaban J connectivity index is 1.48. The summed E-state index contributed by atoms with van der Waals surface area (Å²) in [6, 6.07) is 19.3. The Morgan fingerprint density at radius 3 is 2.57 bits per heavy atom. The van der Waals surface area contributed by atoms with Gasteiger partial charge in [0.1, 0.15) is 16.1 Å². The van der Waals surface area contributed by atoms with E-state index in [9.17, 15) is 0 Å². The molecule has 0 spiro atoms. The number of benzene rings is 1. The Morgan fingerprint density at radius 2 is 1.73 bits per heavy atom. The van der Waals surface area contributed by atoms with Gasteiger partial charge in [-0.2, -0.15) is 0 Å².